The summed E-state index contributed by atoms with van der Waals surface area (Å²) < 4.78 is 13.2. The molecule has 1 aromatic carbocycles. The van der Waals surface area contributed by atoms with Crippen LogP contribution in [0.4, 0.5) is 4.39 Å². The van der Waals surface area contributed by atoms with E-state index in [0.29, 0.717) is 18.2 Å². The summed E-state index contributed by atoms with van der Waals surface area (Å²) >= 11 is 0. The van der Waals surface area contributed by atoms with Crippen molar-refractivity contribution in [1.82, 2.24) is 4.90 Å². The van der Waals surface area contributed by atoms with Gasteiger partial charge in [-0.1, -0.05) is 6.42 Å². The molecule has 1 heterocycles. The molecule has 3 N–H and O–H groups in total. The molecule has 1 saturated heterocycles. The van der Waals surface area contributed by atoms with Gasteiger partial charge in [-0.05, 0) is 44.5 Å². The van der Waals surface area contributed by atoms with Gasteiger partial charge in [0.25, 0.3) is 0 Å². The zero-order chi connectivity index (χ0) is 13.1. The first kappa shape index (κ1) is 13.3. The fourth-order valence-electron chi connectivity index (χ4n) is 2.71. The van der Waals surface area contributed by atoms with E-state index in [0.717, 1.165) is 19.4 Å². The summed E-state index contributed by atoms with van der Waals surface area (Å²) in [6.45, 7) is 3.53. The van der Waals surface area contributed by atoms with Gasteiger partial charge in [0.2, 0.25) is 0 Å². The van der Waals surface area contributed by atoms with Crippen molar-refractivity contribution in [1.29, 1.82) is 0 Å². The number of phenols is 1. The molecule has 18 heavy (non-hydrogen) atoms. The van der Waals surface area contributed by atoms with Crippen molar-refractivity contribution in [2.75, 3.05) is 6.54 Å². The molecule has 0 bridgehead atoms. The molecule has 0 saturated carbocycles. The molecule has 1 aliphatic heterocycles. The molecular weight excluding hydrogens is 231 g/mol. The van der Waals surface area contributed by atoms with Gasteiger partial charge in [-0.3, -0.25) is 4.90 Å². The fourth-order valence-corrected chi connectivity index (χ4v) is 2.71. The van der Waals surface area contributed by atoms with E-state index in [9.17, 15) is 9.50 Å². The second-order valence-electron chi connectivity index (χ2n) is 5.17. The number of nitrogens with zero attached hydrogens (tertiary/aromatic N) is 1. The van der Waals surface area contributed by atoms with Crippen LogP contribution < -0.4 is 5.73 Å². The van der Waals surface area contributed by atoms with Crippen molar-refractivity contribution >= 4 is 0 Å². The maximum atomic E-state index is 13.2. The Morgan fingerprint density at radius 3 is 3.00 bits per heavy atom. The van der Waals surface area contributed by atoms with Gasteiger partial charge in [-0.15, -0.1) is 0 Å². The van der Waals surface area contributed by atoms with Crippen LogP contribution in [0.5, 0.6) is 5.75 Å². The van der Waals surface area contributed by atoms with Crippen molar-refractivity contribution in [3.8, 4) is 5.75 Å². The molecule has 2 unspecified atom stereocenters. The van der Waals surface area contributed by atoms with E-state index in [-0.39, 0.29) is 17.6 Å². The number of nitrogens with two attached hydrogens (primary N) is 1. The second-order valence-corrected chi connectivity index (χ2v) is 5.17. The van der Waals surface area contributed by atoms with Crippen LogP contribution in [0.2, 0.25) is 0 Å². The lowest BCUT2D eigenvalue weighted by molar-refractivity contribution is 0.122. The number of benzene rings is 1. The largest absolute Gasteiger partial charge is 0.508 e. The first-order chi connectivity index (χ1) is 8.58. The Labute approximate surface area is 107 Å². The predicted octanol–water partition coefficient (Wildman–Crippen LogP) is 2.23. The van der Waals surface area contributed by atoms with E-state index >= 15 is 0 Å². The van der Waals surface area contributed by atoms with Crippen LogP contribution in [-0.2, 0) is 6.54 Å². The van der Waals surface area contributed by atoms with E-state index in [1.165, 1.54) is 24.6 Å². The summed E-state index contributed by atoms with van der Waals surface area (Å²) in [6.07, 6.45) is 3.41. The molecule has 2 rings (SSSR count). The van der Waals surface area contributed by atoms with Gasteiger partial charge in [0.1, 0.15) is 11.6 Å². The van der Waals surface area contributed by atoms with Crippen LogP contribution in [0.15, 0.2) is 18.2 Å². The van der Waals surface area contributed by atoms with Crippen LogP contribution in [-0.4, -0.2) is 28.6 Å². The highest BCUT2D eigenvalue weighted by atomic mass is 19.1. The monoisotopic (exact) mass is 252 g/mol. The molecule has 0 aromatic heterocycles. The third-order valence-electron chi connectivity index (χ3n) is 3.69. The Morgan fingerprint density at radius 2 is 2.28 bits per heavy atom. The lowest BCUT2D eigenvalue weighted by Crippen LogP contribution is -2.48. The molecule has 0 amide bonds. The van der Waals surface area contributed by atoms with Crippen LogP contribution in [0, 0.1) is 5.82 Å². The molecule has 0 aliphatic carbocycles. The molecule has 0 spiro atoms. The molecule has 3 nitrogen and oxygen atoms in total. The maximum absolute atomic E-state index is 13.2. The zero-order valence-electron chi connectivity index (χ0n) is 10.8. The average Bonchev–Trinajstić information content (AvgIpc) is 2.34. The quantitative estimate of drug-likeness (QED) is 0.867. The van der Waals surface area contributed by atoms with Gasteiger partial charge in [-0.2, -0.15) is 0 Å². The van der Waals surface area contributed by atoms with Crippen LogP contribution in [0.3, 0.4) is 0 Å². The topological polar surface area (TPSA) is 49.5 Å². The normalized spacial score (nSPS) is 22.9. The number of piperidine rings is 1. The predicted molar refractivity (Wildman–Crippen MR) is 69.8 cm³/mol. The van der Waals surface area contributed by atoms with Gasteiger partial charge in [0, 0.05) is 24.2 Å². The Bertz CT molecular complexity index is 409. The van der Waals surface area contributed by atoms with Gasteiger partial charge >= 0.3 is 0 Å². The minimum absolute atomic E-state index is 0.0982. The highest BCUT2D eigenvalue weighted by molar-refractivity contribution is 5.32. The Morgan fingerprint density at radius 1 is 1.50 bits per heavy atom. The molecule has 2 atom stereocenters. The number of hydrogen-bond acceptors (Lipinski definition) is 3. The summed E-state index contributed by atoms with van der Waals surface area (Å²) in [5.41, 5.74) is 6.64. The zero-order valence-corrected chi connectivity index (χ0v) is 10.8. The summed E-state index contributed by atoms with van der Waals surface area (Å²) in [7, 11) is 0. The minimum atomic E-state index is -0.308. The third-order valence-corrected chi connectivity index (χ3v) is 3.69. The highest BCUT2D eigenvalue weighted by Crippen LogP contribution is 2.25. The number of aromatic hydroxyl groups is 1. The van der Waals surface area contributed by atoms with Gasteiger partial charge < -0.3 is 10.8 Å². The van der Waals surface area contributed by atoms with Crippen LogP contribution >= 0.6 is 0 Å². The van der Waals surface area contributed by atoms with Crippen molar-refractivity contribution in [2.24, 2.45) is 5.73 Å². The second kappa shape index (κ2) is 5.67. The lowest BCUT2D eigenvalue weighted by atomic mass is 9.96. The number of hydrogen-bond donors (Lipinski definition) is 2. The Balaban J connectivity index is 2.13. The number of phenolic OH excluding ortho intramolecular Hbond substituents is 1. The summed E-state index contributed by atoms with van der Waals surface area (Å²) in [5.74, 6) is -0.150. The molecule has 1 aromatic rings. The molecule has 0 radical (unpaired) electrons. The fraction of sp³-hybridized carbons (Fsp3) is 0.571. The Hall–Kier alpha value is -1.13. The smallest absolute Gasteiger partial charge is 0.123 e. The number of halogens is 1. The standard InChI is InChI=1S/C14H21FN2O/c1-10(16)13-4-2-3-7-17(13)9-11-8-12(15)5-6-14(11)18/h5-6,8,10,13,18H,2-4,7,9,16H2,1H3. The number of likely N-dealkylation sites (tertiary alicyclic amines) is 1. The van der Waals surface area contributed by atoms with Crippen molar-refractivity contribution in [3.05, 3.63) is 29.6 Å². The molecule has 100 valence electrons. The Kier molecular flexibility index (Phi) is 4.19. The third kappa shape index (κ3) is 3.00. The van der Waals surface area contributed by atoms with E-state index in [1.807, 2.05) is 6.92 Å². The molecule has 1 aliphatic rings. The minimum Gasteiger partial charge on any atom is -0.508 e. The summed E-state index contributed by atoms with van der Waals surface area (Å²) in [5, 5.41) is 9.77. The van der Waals surface area contributed by atoms with Crippen molar-refractivity contribution in [2.45, 2.75) is 44.8 Å². The number of rotatable bonds is 3. The van der Waals surface area contributed by atoms with Crippen LogP contribution in [0.1, 0.15) is 31.7 Å². The highest BCUT2D eigenvalue weighted by Gasteiger charge is 2.25. The van der Waals surface area contributed by atoms with Gasteiger partial charge in [0.05, 0.1) is 0 Å². The summed E-state index contributed by atoms with van der Waals surface area (Å²) in [6, 6.07) is 4.51. The molecule has 4 heteroatoms. The molecule has 1 fully saturated rings. The van der Waals surface area contributed by atoms with E-state index in [1.54, 1.807) is 0 Å². The first-order valence-electron chi connectivity index (χ1n) is 6.55. The van der Waals surface area contributed by atoms with E-state index < -0.39 is 0 Å². The first-order valence-corrected chi connectivity index (χ1v) is 6.55. The molecular formula is C14H21FN2O. The van der Waals surface area contributed by atoms with Crippen LogP contribution in [0.25, 0.3) is 0 Å². The summed E-state index contributed by atoms with van der Waals surface area (Å²) in [4.78, 5) is 2.25. The van der Waals surface area contributed by atoms with E-state index in [2.05, 4.69) is 4.90 Å². The average molecular weight is 252 g/mol. The van der Waals surface area contributed by atoms with Crippen molar-refractivity contribution < 1.29 is 9.50 Å². The van der Waals surface area contributed by atoms with Crippen molar-refractivity contribution in [3.63, 3.8) is 0 Å². The van der Waals surface area contributed by atoms with Gasteiger partial charge in [0.15, 0.2) is 0 Å². The van der Waals surface area contributed by atoms with E-state index in [4.69, 9.17) is 5.73 Å². The lowest BCUT2D eigenvalue weighted by Gasteiger charge is -2.38. The maximum Gasteiger partial charge on any atom is 0.123 e. The van der Waals surface area contributed by atoms with Gasteiger partial charge in [-0.25, -0.2) is 4.39 Å². The SMILES string of the molecule is CC(N)C1CCCCN1Cc1cc(F)ccc1O.